The van der Waals surface area contributed by atoms with Crippen LogP contribution in [-0.4, -0.2) is 48.2 Å². The maximum absolute atomic E-state index is 14.4. The first-order chi connectivity index (χ1) is 11.0. The van der Waals surface area contributed by atoms with E-state index in [-0.39, 0.29) is 11.9 Å². The van der Waals surface area contributed by atoms with Crippen molar-refractivity contribution < 1.29 is 9.50 Å². The fraction of sp³-hybridized carbons (Fsp3) is 0.588. The fourth-order valence-electron chi connectivity index (χ4n) is 2.94. The highest BCUT2D eigenvalue weighted by Crippen LogP contribution is 2.26. The Labute approximate surface area is 136 Å². The van der Waals surface area contributed by atoms with Gasteiger partial charge in [0.05, 0.1) is 18.3 Å². The van der Waals surface area contributed by atoms with Crippen LogP contribution in [-0.2, 0) is 6.54 Å². The summed E-state index contributed by atoms with van der Waals surface area (Å²) in [4.78, 5) is 8.34. The summed E-state index contributed by atoms with van der Waals surface area (Å²) < 4.78 is 14.4. The van der Waals surface area contributed by atoms with E-state index in [2.05, 4.69) is 4.99 Å². The van der Waals surface area contributed by atoms with Crippen molar-refractivity contribution in [3.63, 3.8) is 0 Å². The summed E-state index contributed by atoms with van der Waals surface area (Å²) in [5.74, 6) is 0.283. The first kappa shape index (κ1) is 16.1. The average Bonchev–Trinajstić information content (AvgIpc) is 3.38. The smallest absolute Gasteiger partial charge is 0.191 e. The average molecular weight is 320 g/mol. The van der Waals surface area contributed by atoms with E-state index in [1.54, 1.807) is 6.07 Å². The third kappa shape index (κ3) is 3.93. The number of hydrogen-bond acceptors (Lipinski definition) is 3. The van der Waals surface area contributed by atoms with Crippen molar-refractivity contribution >= 4 is 11.6 Å². The van der Waals surface area contributed by atoms with Crippen LogP contribution in [0.4, 0.5) is 10.1 Å². The van der Waals surface area contributed by atoms with Crippen molar-refractivity contribution in [2.45, 2.75) is 44.4 Å². The zero-order valence-corrected chi connectivity index (χ0v) is 13.6. The third-order valence-corrected chi connectivity index (χ3v) is 4.70. The highest BCUT2D eigenvalue weighted by molar-refractivity contribution is 5.78. The first-order valence-electron chi connectivity index (χ1n) is 8.29. The Kier molecular flexibility index (Phi) is 4.71. The van der Waals surface area contributed by atoms with Gasteiger partial charge < -0.3 is 20.6 Å². The van der Waals surface area contributed by atoms with E-state index in [0.717, 1.165) is 5.56 Å². The first-order valence-corrected chi connectivity index (χ1v) is 8.29. The van der Waals surface area contributed by atoms with Crippen LogP contribution < -0.4 is 10.6 Å². The van der Waals surface area contributed by atoms with Crippen LogP contribution in [0.3, 0.4) is 0 Å². The molecular weight excluding hydrogens is 295 g/mol. The quantitative estimate of drug-likeness (QED) is 0.655. The van der Waals surface area contributed by atoms with Gasteiger partial charge in [0.2, 0.25) is 0 Å². The van der Waals surface area contributed by atoms with Crippen LogP contribution in [0.1, 0.15) is 31.2 Å². The molecule has 1 aliphatic heterocycles. The zero-order chi connectivity index (χ0) is 16.4. The maximum atomic E-state index is 14.4. The molecule has 1 heterocycles. The van der Waals surface area contributed by atoms with E-state index in [9.17, 15) is 9.50 Å². The molecule has 0 bridgehead atoms. The molecule has 2 aliphatic rings. The van der Waals surface area contributed by atoms with E-state index in [1.165, 1.54) is 18.9 Å². The number of nitrogens with two attached hydrogens (primary N) is 1. The summed E-state index contributed by atoms with van der Waals surface area (Å²) in [6, 6.07) is 5.76. The van der Waals surface area contributed by atoms with Crippen LogP contribution >= 0.6 is 0 Å². The molecule has 23 heavy (non-hydrogen) atoms. The number of aliphatic imine (C=N–C) groups is 1. The maximum Gasteiger partial charge on any atom is 0.191 e. The van der Waals surface area contributed by atoms with Crippen LogP contribution in [0.25, 0.3) is 0 Å². The number of guanidine groups is 1. The predicted octanol–water partition coefficient (Wildman–Crippen LogP) is 1.70. The van der Waals surface area contributed by atoms with Gasteiger partial charge in [0.25, 0.3) is 0 Å². The van der Waals surface area contributed by atoms with Gasteiger partial charge in [-0.1, -0.05) is 6.07 Å². The molecular formula is C17H25FN4O. The molecule has 0 unspecified atom stereocenters. The molecule has 0 spiro atoms. The Morgan fingerprint density at radius 2 is 2.04 bits per heavy atom. The van der Waals surface area contributed by atoms with Crippen molar-refractivity contribution in [2.24, 2.45) is 10.7 Å². The minimum atomic E-state index is -0.255. The van der Waals surface area contributed by atoms with Crippen LogP contribution in [0, 0.1) is 5.82 Å². The molecule has 0 aromatic heterocycles. The van der Waals surface area contributed by atoms with Gasteiger partial charge in [-0.05, 0) is 43.4 Å². The highest BCUT2D eigenvalue weighted by Gasteiger charge is 2.27. The monoisotopic (exact) mass is 320 g/mol. The van der Waals surface area contributed by atoms with Gasteiger partial charge in [0.1, 0.15) is 5.82 Å². The number of benzene rings is 1. The minimum absolute atomic E-state index is 0.233. The standard InChI is InChI=1S/C17H25FN4O/c1-21(13-3-4-13)17(19)20-11-12-2-5-16(15(18)10-12)22-8-6-14(23)7-9-22/h2,5,10,13-14,23H,3-4,6-9,11H2,1H3,(H2,19,20). The van der Waals surface area contributed by atoms with Crippen molar-refractivity contribution in [3.8, 4) is 0 Å². The van der Waals surface area contributed by atoms with Gasteiger partial charge in [-0.25, -0.2) is 9.38 Å². The van der Waals surface area contributed by atoms with Gasteiger partial charge in [0, 0.05) is 26.2 Å². The van der Waals surface area contributed by atoms with Gasteiger partial charge in [-0.3, -0.25) is 0 Å². The van der Waals surface area contributed by atoms with Gasteiger partial charge in [0.15, 0.2) is 5.96 Å². The number of rotatable bonds is 4. The number of anilines is 1. The molecule has 0 amide bonds. The van der Waals surface area contributed by atoms with E-state index >= 15 is 0 Å². The molecule has 0 atom stereocenters. The Morgan fingerprint density at radius 1 is 1.35 bits per heavy atom. The van der Waals surface area contributed by atoms with E-state index < -0.39 is 0 Å². The van der Waals surface area contributed by atoms with Crippen molar-refractivity contribution in [2.75, 3.05) is 25.0 Å². The normalized spacial score (nSPS) is 20.0. The number of piperidine rings is 1. The molecule has 6 heteroatoms. The predicted molar refractivity (Wildman–Crippen MR) is 90.0 cm³/mol. The molecule has 1 aliphatic carbocycles. The Balaban J connectivity index is 1.63. The molecule has 1 aromatic carbocycles. The van der Waals surface area contributed by atoms with Gasteiger partial charge in [-0.15, -0.1) is 0 Å². The highest BCUT2D eigenvalue weighted by atomic mass is 19.1. The molecule has 0 radical (unpaired) electrons. The number of aliphatic hydroxyl groups is 1. The number of nitrogens with zero attached hydrogens (tertiary/aromatic N) is 3. The molecule has 1 saturated heterocycles. The Hall–Kier alpha value is -1.82. The fourth-order valence-corrected chi connectivity index (χ4v) is 2.94. The van der Waals surface area contributed by atoms with Crippen molar-refractivity contribution in [1.29, 1.82) is 0 Å². The Morgan fingerprint density at radius 3 is 2.65 bits per heavy atom. The second kappa shape index (κ2) is 6.74. The van der Waals surface area contributed by atoms with Gasteiger partial charge >= 0.3 is 0 Å². The number of halogens is 1. The van der Waals surface area contributed by atoms with Gasteiger partial charge in [-0.2, -0.15) is 0 Å². The number of aliphatic hydroxyl groups excluding tert-OH is 1. The summed E-state index contributed by atoms with van der Waals surface area (Å²) >= 11 is 0. The SMILES string of the molecule is CN(C(N)=NCc1ccc(N2CCC(O)CC2)c(F)c1)C1CC1. The molecule has 1 aromatic rings. The van der Waals surface area contributed by atoms with E-state index in [0.29, 0.717) is 50.2 Å². The molecule has 2 fully saturated rings. The topological polar surface area (TPSA) is 65.1 Å². The molecule has 3 N–H and O–H groups in total. The van der Waals surface area contributed by atoms with E-state index in [1.807, 2.05) is 22.9 Å². The summed E-state index contributed by atoms with van der Waals surface area (Å²) in [5.41, 5.74) is 7.37. The molecule has 5 nitrogen and oxygen atoms in total. The van der Waals surface area contributed by atoms with E-state index in [4.69, 9.17) is 5.73 Å². The molecule has 3 rings (SSSR count). The lowest BCUT2D eigenvalue weighted by atomic mass is 10.1. The molecule has 1 saturated carbocycles. The van der Waals surface area contributed by atoms with Crippen LogP contribution in [0.5, 0.6) is 0 Å². The summed E-state index contributed by atoms with van der Waals surface area (Å²) in [6.45, 7) is 1.77. The molecule has 126 valence electrons. The number of hydrogen-bond donors (Lipinski definition) is 2. The lowest BCUT2D eigenvalue weighted by Gasteiger charge is -2.31. The van der Waals surface area contributed by atoms with Crippen molar-refractivity contribution in [1.82, 2.24) is 4.90 Å². The van der Waals surface area contributed by atoms with Crippen molar-refractivity contribution in [3.05, 3.63) is 29.6 Å². The summed E-state index contributed by atoms with van der Waals surface area (Å²) in [5, 5.41) is 9.55. The second-order valence-electron chi connectivity index (χ2n) is 6.52. The minimum Gasteiger partial charge on any atom is -0.393 e. The second-order valence-corrected chi connectivity index (χ2v) is 6.52. The Bertz CT molecular complexity index is 580. The van der Waals surface area contributed by atoms with Crippen LogP contribution in [0.15, 0.2) is 23.2 Å². The third-order valence-electron chi connectivity index (χ3n) is 4.70. The lowest BCUT2D eigenvalue weighted by Crippen LogP contribution is -2.36. The summed E-state index contributed by atoms with van der Waals surface area (Å²) in [7, 11) is 1.95. The lowest BCUT2D eigenvalue weighted by molar-refractivity contribution is 0.145. The van der Waals surface area contributed by atoms with Crippen LogP contribution in [0.2, 0.25) is 0 Å². The summed E-state index contributed by atoms with van der Waals surface area (Å²) in [6.07, 6.45) is 3.46. The largest absolute Gasteiger partial charge is 0.393 e. The zero-order valence-electron chi connectivity index (χ0n) is 13.6.